The smallest absolute Gasteiger partial charge is 0.363 e. The standard InChI is InChI=1S/C15H17O3P/c1-11-3-7-13(8-4-11)16-15(18-19)17-14-9-5-12(2)6-10-14/h3-10,15H,19H2,1-2H3. The average Bonchev–Trinajstić information content (AvgIpc) is 2.43. The van der Waals surface area contributed by atoms with Gasteiger partial charge >= 0.3 is 6.48 Å². The van der Waals surface area contributed by atoms with E-state index in [-0.39, 0.29) is 0 Å². The summed E-state index contributed by atoms with van der Waals surface area (Å²) in [5.74, 6) is 1.40. The maximum absolute atomic E-state index is 5.59. The molecule has 1 unspecified atom stereocenters. The second-order valence-corrected chi connectivity index (χ2v) is 4.56. The van der Waals surface area contributed by atoms with E-state index in [4.69, 9.17) is 14.0 Å². The molecule has 0 fully saturated rings. The second kappa shape index (κ2) is 6.55. The predicted octanol–water partition coefficient (Wildman–Crippen LogP) is 3.85. The van der Waals surface area contributed by atoms with Crippen molar-refractivity contribution >= 4 is 9.47 Å². The Morgan fingerprint density at radius 3 is 1.42 bits per heavy atom. The Kier molecular flexibility index (Phi) is 4.78. The van der Waals surface area contributed by atoms with E-state index < -0.39 is 6.48 Å². The summed E-state index contributed by atoms with van der Waals surface area (Å²) in [7, 11) is 2.15. The summed E-state index contributed by atoms with van der Waals surface area (Å²) in [6.45, 7) is 3.25. The number of aryl methyl sites for hydroxylation is 2. The maximum Gasteiger partial charge on any atom is 0.363 e. The van der Waals surface area contributed by atoms with E-state index in [0.29, 0.717) is 11.5 Å². The largest absolute Gasteiger partial charge is 0.432 e. The zero-order valence-electron chi connectivity index (χ0n) is 11.0. The SMILES string of the molecule is Cc1ccc(OC(OP)Oc2ccc(C)cc2)cc1. The molecule has 0 bridgehead atoms. The van der Waals surface area contributed by atoms with Crippen molar-refractivity contribution in [3.8, 4) is 11.5 Å². The fourth-order valence-corrected chi connectivity index (χ4v) is 1.65. The molecule has 2 aromatic carbocycles. The summed E-state index contributed by atoms with van der Waals surface area (Å²) in [6, 6.07) is 15.4. The molecule has 1 atom stereocenters. The van der Waals surface area contributed by atoms with Crippen molar-refractivity contribution in [3.63, 3.8) is 0 Å². The zero-order valence-corrected chi connectivity index (χ0v) is 12.2. The van der Waals surface area contributed by atoms with Gasteiger partial charge in [0.25, 0.3) is 0 Å². The summed E-state index contributed by atoms with van der Waals surface area (Å²) < 4.78 is 16.3. The molecule has 0 saturated carbocycles. The Bertz CT molecular complexity index is 460. The Balaban J connectivity index is 2.00. The fraction of sp³-hybridized carbons (Fsp3) is 0.200. The molecular formula is C15H17O3P. The predicted molar refractivity (Wildman–Crippen MR) is 78.2 cm³/mol. The summed E-state index contributed by atoms with van der Waals surface area (Å²) in [4.78, 5) is 0. The van der Waals surface area contributed by atoms with E-state index in [1.54, 1.807) is 0 Å². The molecule has 2 rings (SSSR count). The van der Waals surface area contributed by atoms with Gasteiger partial charge in [-0.3, -0.25) is 4.52 Å². The van der Waals surface area contributed by atoms with E-state index in [9.17, 15) is 0 Å². The maximum atomic E-state index is 5.59. The molecule has 0 heterocycles. The minimum Gasteiger partial charge on any atom is -0.432 e. The van der Waals surface area contributed by atoms with Crippen LogP contribution in [0.4, 0.5) is 0 Å². The number of hydrogen-bond donors (Lipinski definition) is 0. The van der Waals surface area contributed by atoms with Gasteiger partial charge in [-0.1, -0.05) is 35.4 Å². The van der Waals surface area contributed by atoms with E-state index in [1.807, 2.05) is 62.4 Å². The molecule has 0 spiro atoms. The molecule has 4 heteroatoms. The molecule has 0 amide bonds. The van der Waals surface area contributed by atoms with Crippen LogP contribution >= 0.6 is 9.47 Å². The summed E-state index contributed by atoms with van der Waals surface area (Å²) in [5.41, 5.74) is 2.35. The Morgan fingerprint density at radius 1 is 0.737 bits per heavy atom. The van der Waals surface area contributed by atoms with Crippen LogP contribution in [0.25, 0.3) is 0 Å². The van der Waals surface area contributed by atoms with Gasteiger partial charge in [-0.2, -0.15) is 0 Å². The van der Waals surface area contributed by atoms with Gasteiger partial charge in [0.05, 0.1) is 0 Å². The minimum atomic E-state index is -0.796. The van der Waals surface area contributed by atoms with Crippen LogP contribution in [0.2, 0.25) is 0 Å². The summed E-state index contributed by atoms with van der Waals surface area (Å²) in [5, 5.41) is 0. The molecule has 0 aliphatic carbocycles. The van der Waals surface area contributed by atoms with Gasteiger partial charge in [0, 0.05) is 9.47 Å². The van der Waals surface area contributed by atoms with E-state index >= 15 is 0 Å². The van der Waals surface area contributed by atoms with Gasteiger partial charge in [0.1, 0.15) is 11.5 Å². The van der Waals surface area contributed by atoms with E-state index in [1.165, 1.54) is 11.1 Å². The van der Waals surface area contributed by atoms with Gasteiger partial charge in [-0.05, 0) is 38.1 Å². The summed E-state index contributed by atoms with van der Waals surface area (Å²) >= 11 is 0. The van der Waals surface area contributed by atoms with Crippen LogP contribution in [0, 0.1) is 13.8 Å². The normalized spacial score (nSPS) is 10.5. The molecule has 0 saturated heterocycles. The first-order valence-electron chi connectivity index (χ1n) is 5.99. The van der Waals surface area contributed by atoms with Gasteiger partial charge in [-0.25, -0.2) is 0 Å². The third kappa shape index (κ3) is 4.23. The third-order valence-corrected chi connectivity index (χ3v) is 2.84. The van der Waals surface area contributed by atoms with E-state index in [0.717, 1.165) is 0 Å². The fourth-order valence-electron chi connectivity index (χ4n) is 1.54. The van der Waals surface area contributed by atoms with Gasteiger partial charge in [0.15, 0.2) is 0 Å². The Hall–Kier alpha value is -1.57. The molecule has 0 N–H and O–H groups in total. The molecule has 0 aromatic heterocycles. The molecule has 3 nitrogen and oxygen atoms in total. The van der Waals surface area contributed by atoms with Crippen molar-refractivity contribution in [2.24, 2.45) is 0 Å². The number of ether oxygens (including phenoxy) is 2. The molecule has 0 radical (unpaired) electrons. The monoisotopic (exact) mass is 276 g/mol. The Labute approximate surface area is 115 Å². The first kappa shape index (κ1) is 13.9. The van der Waals surface area contributed by atoms with Crippen LogP contribution in [0.3, 0.4) is 0 Å². The van der Waals surface area contributed by atoms with Crippen molar-refractivity contribution in [2.75, 3.05) is 0 Å². The highest BCUT2D eigenvalue weighted by atomic mass is 31.0. The highest BCUT2D eigenvalue weighted by Crippen LogP contribution is 2.19. The topological polar surface area (TPSA) is 27.7 Å². The van der Waals surface area contributed by atoms with Crippen LogP contribution in [0.5, 0.6) is 11.5 Å². The lowest BCUT2D eigenvalue weighted by atomic mass is 10.2. The van der Waals surface area contributed by atoms with Crippen molar-refractivity contribution in [2.45, 2.75) is 20.3 Å². The number of benzene rings is 2. The average molecular weight is 276 g/mol. The minimum absolute atomic E-state index is 0.699. The zero-order chi connectivity index (χ0) is 13.7. The molecular weight excluding hydrogens is 259 g/mol. The van der Waals surface area contributed by atoms with Crippen molar-refractivity contribution in [1.82, 2.24) is 0 Å². The highest BCUT2D eigenvalue weighted by molar-refractivity contribution is 7.09. The Morgan fingerprint density at radius 2 is 1.11 bits per heavy atom. The van der Waals surface area contributed by atoms with Crippen LogP contribution in [-0.4, -0.2) is 6.48 Å². The van der Waals surface area contributed by atoms with Crippen molar-refractivity contribution in [3.05, 3.63) is 59.7 Å². The lowest BCUT2D eigenvalue weighted by molar-refractivity contribution is -0.131. The molecule has 19 heavy (non-hydrogen) atoms. The van der Waals surface area contributed by atoms with Crippen LogP contribution in [-0.2, 0) is 4.52 Å². The molecule has 2 aromatic rings. The van der Waals surface area contributed by atoms with Gasteiger partial charge in [-0.15, -0.1) is 0 Å². The van der Waals surface area contributed by atoms with Crippen molar-refractivity contribution < 1.29 is 14.0 Å². The number of hydrogen-bond acceptors (Lipinski definition) is 3. The van der Waals surface area contributed by atoms with Gasteiger partial charge in [0.2, 0.25) is 0 Å². The first-order chi connectivity index (χ1) is 9.17. The van der Waals surface area contributed by atoms with Crippen LogP contribution < -0.4 is 9.47 Å². The van der Waals surface area contributed by atoms with E-state index in [2.05, 4.69) is 9.47 Å². The van der Waals surface area contributed by atoms with Crippen LogP contribution in [0.1, 0.15) is 11.1 Å². The quantitative estimate of drug-likeness (QED) is 0.613. The molecule has 0 aliphatic heterocycles. The van der Waals surface area contributed by atoms with Gasteiger partial charge < -0.3 is 9.47 Å². The number of rotatable bonds is 5. The lowest BCUT2D eigenvalue weighted by Gasteiger charge is -2.18. The lowest BCUT2D eigenvalue weighted by Crippen LogP contribution is -2.23. The van der Waals surface area contributed by atoms with Crippen molar-refractivity contribution in [1.29, 1.82) is 0 Å². The van der Waals surface area contributed by atoms with Crippen LogP contribution in [0.15, 0.2) is 48.5 Å². The highest BCUT2D eigenvalue weighted by Gasteiger charge is 2.10. The molecule has 100 valence electrons. The second-order valence-electron chi connectivity index (χ2n) is 4.29. The first-order valence-corrected chi connectivity index (χ1v) is 6.47. The third-order valence-electron chi connectivity index (χ3n) is 2.62. The molecule has 0 aliphatic rings. The summed E-state index contributed by atoms with van der Waals surface area (Å²) in [6.07, 6.45) is 0.